The van der Waals surface area contributed by atoms with Crippen molar-refractivity contribution in [1.82, 2.24) is 5.32 Å². The molecule has 124 valence electrons. The molecule has 1 aliphatic carbocycles. The van der Waals surface area contributed by atoms with E-state index in [2.05, 4.69) is 5.32 Å². The Kier molecular flexibility index (Phi) is 5.36. The summed E-state index contributed by atoms with van der Waals surface area (Å²) in [6, 6.07) is 6.81. The lowest BCUT2D eigenvalue weighted by atomic mass is 9.76. The number of ether oxygens (including phenoxy) is 1. The van der Waals surface area contributed by atoms with Gasteiger partial charge in [-0.2, -0.15) is 0 Å². The first kappa shape index (κ1) is 17.0. The average Bonchev–Trinajstić information content (AvgIpc) is 2.50. The highest BCUT2D eigenvalue weighted by Crippen LogP contribution is 2.32. The predicted molar refractivity (Wildman–Crippen MR) is 83.5 cm³/mol. The molecule has 0 heterocycles. The summed E-state index contributed by atoms with van der Waals surface area (Å²) in [6.45, 7) is 0. The highest BCUT2D eigenvalue weighted by Gasteiger charge is 2.45. The molecule has 0 aliphatic heterocycles. The van der Waals surface area contributed by atoms with Crippen molar-refractivity contribution < 1.29 is 24.2 Å². The van der Waals surface area contributed by atoms with Crippen LogP contribution in [0.25, 0.3) is 0 Å². The molecular weight excluding hydrogens is 298 g/mol. The molecule has 1 saturated carbocycles. The first-order valence-corrected chi connectivity index (χ1v) is 7.68. The third-order valence-corrected chi connectivity index (χ3v) is 4.21. The number of hydrogen-bond donors (Lipinski definition) is 2. The number of ketones is 1. The average molecular weight is 319 g/mol. The van der Waals surface area contributed by atoms with Crippen LogP contribution in [0.5, 0.6) is 5.75 Å². The molecule has 1 aromatic rings. The molecule has 0 unspecified atom stereocenters. The van der Waals surface area contributed by atoms with Gasteiger partial charge in [0.15, 0.2) is 5.78 Å². The van der Waals surface area contributed by atoms with E-state index in [9.17, 15) is 14.4 Å². The monoisotopic (exact) mass is 319 g/mol. The van der Waals surface area contributed by atoms with Gasteiger partial charge in [-0.25, -0.2) is 4.79 Å². The Morgan fingerprint density at radius 2 is 1.83 bits per heavy atom. The molecule has 6 nitrogen and oxygen atoms in total. The lowest BCUT2D eigenvalue weighted by Gasteiger charge is -2.38. The fourth-order valence-corrected chi connectivity index (χ4v) is 2.58. The summed E-state index contributed by atoms with van der Waals surface area (Å²) in [7, 11) is 1.56. The van der Waals surface area contributed by atoms with E-state index >= 15 is 0 Å². The summed E-state index contributed by atoms with van der Waals surface area (Å²) in [5, 5.41) is 11.8. The minimum Gasteiger partial charge on any atom is -0.497 e. The third-order valence-electron chi connectivity index (χ3n) is 4.21. The van der Waals surface area contributed by atoms with E-state index < -0.39 is 11.5 Å². The molecular formula is C17H21NO5. The van der Waals surface area contributed by atoms with E-state index in [1.807, 2.05) is 0 Å². The summed E-state index contributed by atoms with van der Waals surface area (Å²) < 4.78 is 5.03. The number of aliphatic carboxylic acids is 1. The number of hydrogen-bond acceptors (Lipinski definition) is 4. The zero-order chi connectivity index (χ0) is 16.9. The molecule has 0 spiro atoms. The fraction of sp³-hybridized carbons (Fsp3) is 0.471. The summed E-state index contributed by atoms with van der Waals surface area (Å²) in [5.74, 6) is -0.654. The van der Waals surface area contributed by atoms with Crippen LogP contribution in [0.15, 0.2) is 24.3 Å². The molecule has 0 atom stereocenters. The molecule has 2 rings (SSSR count). The van der Waals surface area contributed by atoms with Gasteiger partial charge in [-0.05, 0) is 49.9 Å². The van der Waals surface area contributed by atoms with Crippen LogP contribution in [0.2, 0.25) is 0 Å². The second-order valence-electron chi connectivity index (χ2n) is 5.79. The van der Waals surface area contributed by atoms with Crippen molar-refractivity contribution in [3.05, 3.63) is 29.8 Å². The highest BCUT2D eigenvalue weighted by atomic mass is 16.5. The second-order valence-corrected chi connectivity index (χ2v) is 5.79. The van der Waals surface area contributed by atoms with Crippen molar-refractivity contribution in [2.75, 3.05) is 7.11 Å². The molecule has 0 radical (unpaired) electrons. The van der Waals surface area contributed by atoms with Crippen LogP contribution in [-0.2, 0) is 9.59 Å². The van der Waals surface area contributed by atoms with Crippen LogP contribution in [0.4, 0.5) is 0 Å². The van der Waals surface area contributed by atoms with Crippen LogP contribution in [0.3, 0.4) is 0 Å². The van der Waals surface area contributed by atoms with Gasteiger partial charge in [0.1, 0.15) is 11.3 Å². The number of rotatable bonds is 8. The van der Waals surface area contributed by atoms with E-state index in [0.717, 1.165) is 6.42 Å². The van der Waals surface area contributed by atoms with Gasteiger partial charge in [-0.1, -0.05) is 0 Å². The first-order chi connectivity index (χ1) is 11.0. The molecule has 6 heteroatoms. The number of carbonyl (C=O) groups is 3. The Morgan fingerprint density at radius 1 is 1.17 bits per heavy atom. The van der Waals surface area contributed by atoms with Crippen LogP contribution in [-0.4, -0.2) is 35.4 Å². The first-order valence-electron chi connectivity index (χ1n) is 7.68. The molecule has 0 bridgehead atoms. The number of nitrogens with one attached hydrogen (secondary N) is 1. The van der Waals surface area contributed by atoms with Crippen molar-refractivity contribution in [2.24, 2.45) is 0 Å². The zero-order valence-corrected chi connectivity index (χ0v) is 13.1. The van der Waals surface area contributed by atoms with Gasteiger partial charge in [-0.15, -0.1) is 0 Å². The van der Waals surface area contributed by atoms with E-state index in [-0.39, 0.29) is 24.5 Å². The summed E-state index contributed by atoms with van der Waals surface area (Å²) in [6.07, 6.45) is 2.55. The number of carboxylic acid groups (broad SMARTS) is 1. The standard InChI is InChI=1S/C17H21NO5/c1-23-13-8-6-12(7-9-13)14(19)4-2-5-15(20)18-17(16(21)22)10-3-11-17/h6-9H,2-5,10-11H2,1H3,(H,18,20)(H,21,22). The summed E-state index contributed by atoms with van der Waals surface area (Å²) in [5.41, 5.74) is -0.510. The SMILES string of the molecule is COc1ccc(C(=O)CCCC(=O)NC2(C(=O)O)CCC2)cc1. The minimum absolute atomic E-state index is 0.0444. The molecule has 1 aromatic carbocycles. The second kappa shape index (κ2) is 7.26. The number of Topliss-reactive ketones (excluding diaryl/α,β-unsaturated/α-hetero) is 1. The maximum absolute atomic E-state index is 12.0. The zero-order valence-electron chi connectivity index (χ0n) is 13.1. The maximum atomic E-state index is 12.0. The number of amides is 1. The lowest BCUT2D eigenvalue weighted by Crippen LogP contribution is -2.59. The van der Waals surface area contributed by atoms with E-state index in [0.29, 0.717) is 30.6 Å². The maximum Gasteiger partial charge on any atom is 0.329 e. The van der Waals surface area contributed by atoms with Gasteiger partial charge in [-0.3, -0.25) is 9.59 Å². The Labute approximate surface area is 134 Å². The largest absolute Gasteiger partial charge is 0.497 e. The summed E-state index contributed by atoms with van der Waals surface area (Å²) in [4.78, 5) is 35.1. The number of benzene rings is 1. The van der Waals surface area contributed by atoms with Crippen LogP contribution < -0.4 is 10.1 Å². The molecule has 1 fully saturated rings. The normalized spacial score (nSPS) is 15.3. The Hall–Kier alpha value is -2.37. The highest BCUT2D eigenvalue weighted by molar-refractivity contribution is 5.96. The topological polar surface area (TPSA) is 92.7 Å². The predicted octanol–water partition coefficient (Wildman–Crippen LogP) is 2.17. The van der Waals surface area contributed by atoms with Crippen molar-refractivity contribution in [2.45, 2.75) is 44.1 Å². The fourth-order valence-electron chi connectivity index (χ4n) is 2.58. The Bertz CT molecular complexity index is 590. The Morgan fingerprint density at radius 3 is 2.30 bits per heavy atom. The van der Waals surface area contributed by atoms with Crippen molar-refractivity contribution in [3.8, 4) is 5.75 Å². The molecule has 1 amide bonds. The van der Waals surface area contributed by atoms with E-state index in [1.165, 1.54) is 0 Å². The smallest absolute Gasteiger partial charge is 0.329 e. The molecule has 0 aromatic heterocycles. The molecule has 23 heavy (non-hydrogen) atoms. The van der Waals surface area contributed by atoms with Gasteiger partial charge >= 0.3 is 5.97 Å². The number of carbonyl (C=O) groups excluding carboxylic acids is 2. The van der Waals surface area contributed by atoms with Gasteiger partial charge in [0.25, 0.3) is 0 Å². The minimum atomic E-state index is -1.09. The van der Waals surface area contributed by atoms with Crippen molar-refractivity contribution in [3.63, 3.8) is 0 Å². The summed E-state index contributed by atoms with van der Waals surface area (Å²) >= 11 is 0. The third kappa shape index (κ3) is 4.09. The lowest BCUT2D eigenvalue weighted by molar-refractivity contribution is -0.151. The van der Waals surface area contributed by atoms with Crippen molar-refractivity contribution >= 4 is 17.7 Å². The Balaban J connectivity index is 1.76. The molecule has 2 N–H and O–H groups in total. The van der Waals surface area contributed by atoms with E-state index in [1.54, 1.807) is 31.4 Å². The van der Waals surface area contributed by atoms with Gasteiger partial charge in [0, 0.05) is 18.4 Å². The van der Waals surface area contributed by atoms with Gasteiger partial charge < -0.3 is 15.2 Å². The van der Waals surface area contributed by atoms with Crippen LogP contribution >= 0.6 is 0 Å². The molecule has 1 aliphatic rings. The van der Waals surface area contributed by atoms with Gasteiger partial charge in [0.2, 0.25) is 5.91 Å². The molecule has 0 saturated heterocycles. The number of carboxylic acids is 1. The van der Waals surface area contributed by atoms with Gasteiger partial charge in [0.05, 0.1) is 7.11 Å². The number of methoxy groups -OCH3 is 1. The van der Waals surface area contributed by atoms with Crippen LogP contribution in [0.1, 0.15) is 48.9 Å². The van der Waals surface area contributed by atoms with E-state index in [4.69, 9.17) is 9.84 Å². The quantitative estimate of drug-likeness (QED) is 0.716. The van der Waals surface area contributed by atoms with Crippen LogP contribution in [0, 0.1) is 0 Å². The van der Waals surface area contributed by atoms with Crippen molar-refractivity contribution in [1.29, 1.82) is 0 Å².